The van der Waals surface area contributed by atoms with Crippen LogP contribution in [0.15, 0.2) is 66.7 Å². The fourth-order valence-electron chi connectivity index (χ4n) is 3.12. The zero-order chi connectivity index (χ0) is 24.7. The summed E-state index contributed by atoms with van der Waals surface area (Å²) in [4.78, 5) is 12.5. The van der Waals surface area contributed by atoms with Gasteiger partial charge in [-0.3, -0.25) is 9.10 Å². The summed E-state index contributed by atoms with van der Waals surface area (Å²) < 4.78 is 26.0. The van der Waals surface area contributed by atoms with Crippen molar-refractivity contribution in [1.82, 2.24) is 5.32 Å². The molecule has 0 aliphatic heterocycles. The topological polar surface area (TPSA) is 66.5 Å². The molecule has 0 radical (unpaired) electrons. The minimum absolute atomic E-state index is 0.161. The Bertz CT molecular complexity index is 1220. The van der Waals surface area contributed by atoms with E-state index in [1.54, 1.807) is 78.5 Å². The lowest BCUT2D eigenvalue weighted by Crippen LogP contribution is -2.29. The largest absolute Gasteiger partial charge is 0.351 e. The smallest absolute Gasteiger partial charge is 0.251 e. The third kappa shape index (κ3) is 7.55. The molecule has 34 heavy (non-hydrogen) atoms. The molecule has 0 bridgehead atoms. The summed E-state index contributed by atoms with van der Waals surface area (Å²) >= 11 is 19.9. The van der Waals surface area contributed by atoms with E-state index in [0.717, 1.165) is 17.4 Å². The molecular weight excluding hydrogens is 535 g/mol. The quantitative estimate of drug-likeness (QED) is 0.298. The van der Waals surface area contributed by atoms with Crippen LogP contribution in [0.3, 0.4) is 0 Å². The first kappa shape index (κ1) is 26.7. The molecule has 10 heteroatoms. The highest BCUT2D eigenvalue weighted by Crippen LogP contribution is 2.28. The average molecular weight is 558 g/mol. The summed E-state index contributed by atoms with van der Waals surface area (Å²) in [5, 5.41) is 4.70. The van der Waals surface area contributed by atoms with Gasteiger partial charge in [0.05, 0.1) is 18.5 Å². The Morgan fingerprint density at radius 3 is 2.15 bits per heavy atom. The van der Waals surface area contributed by atoms with Crippen LogP contribution >= 0.6 is 46.6 Å². The van der Waals surface area contributed by atoms with Gasteiger partial charge in [-0.05, 0) is 59.7 Å². The highest BCUT2D eigenvalue weighted by atomic mass is 35.5. The maximum Gasteiger partial charge on any atom is 0.251 e. The second-order valence-corrected chi connectivity index (χ2v) is 11.7. The Morgan fingerprint density at radius 2 is 1.56 bits per heavy atom. The summed E-state index contributed by atoms with van der Waals surface area (Å²) in [6, 6.07) is 18.9. The number of amides is 1. The molecule has 180 valence electrons. The van der Waals surface area contributed by atoms with Crippen LogP contribution in [0.5, 0.6) is 0 Å². The number of nitrogens with zero attached hydrogens (tertiary/aromatic N) is 1. The number of hydrogen-bond donors (Lipinski definition) is 1. The molecule has 3 aromatic carbocycles. The zero-order valence-corrected chi connectivity index (χ0v) is 22.2. The van der Waals surface area contributed by atoms with Crippen molar-refractivity contribution in [3.63, 3.8) is 0 Å². The monoisotopic (exact) mass is 556 g/mol. The number of sulfonamides is 1. The Balaban J connectivity index is 1.55. The number of anilines is 1. The molecule has 3 aromatic rings. The molecule has 0 atom stereocenters. The van der Waals surface area contributed by atoms with Crippen LogP contribution in [-0.4, -0.2) is 32.9 Å². The predicted molar refractivity (Wildman–Crippen MR) is 144 cm³/mol. The second kappa shape index (κ2) is 12.2. The van der Waals surface area contributed by atoms with E-state index in [0.29, 0.717) is 44.4 Å². The van der Waals surface area contributed by atoms with Gasteiger partial charge in [-0.1, -0.05) is 53.0 Å². The predicted octanol–water partition coefficient (Wildman–Crippen LogP) is 6.28. The average Bonchev–Trinajstić information content (AvgIpc) is 2.79. The van der Waals surface area contributed by atoms with E-state index < -0.39 is 10.0 Å². The third-order valence-corrected chi connectivity index (χ3v) is 7.98. The number of benzene rings is 3. The van der Waals surface area contributed by atoms with E-state index in [1.807, 2.05) is 0 Å². The van der Waals surface area contributed by atoms with E-state index in [9.17, 15) is 13.2 Å². The van der Waals surface area contributed by atoms with Gasteiger partial charge in [-0.25, -0.2) is 8.42 Å². The molecular formula is C24H23Cl3N2O3S2. The number of rotatable bonds is 10. The van der Waals surface area contributed by atoms with E-state index in [2.05, 4.69) is 5.32 Å². The van der Waals surface area contributed by atoms with Gasteiger partial charge in [0, 0.05) is 38.7 Å². The van der Waals surface area contributed by atoms with Gasteiger partial charge in [-0.15, -0.1) is 0 Å². The third-order valence-electron chi connectivity index (χ3n) is 4.90. The lowest BCUT2D eigenvalue weighted by atomic mass is 10.2. The molecule has 1 N–H and O–H groups in total. The fraction of sp³-hybridized carbons (Fsp3) is 0.208. The maximum absolute atomic E-state index is 12.5. The minimum Gasteiger partial charge on any atom is -0.351 e. The van der Waals surface area contributed by atoms with E-state index in [4.69, 9.17) is 34.8 Å². The van der Waals surface area contributed by atoms with Crippen LogP contribution in [0.4, 0.5) is 5.69 Å². The van der Waals surface area contributed by atoms with Gasteiger partial charge in [0.25, 0.3) is 5.91 Å². The van der Waals surface area contributed by atoms with Crippen molar-refractivity contribution in [3.8, 4) is 0 Å². The van der Waals surface area contributed by atoms with E-state index in [1.165, 1.54) is 4.31 Å². The first-order valence-corrected chi connectivity index (χ1v) is 14.4. The lowest BCUT2D eigenvalue weighted by molar-refractivity contribution is 0.0956. The van der Waals surface area contributed by atoms with Crippen LogP contribution < -0.4 is 9.62 Å². The maximum atomic E-state index is 12.5. The van der Waals surface area contributed by atoms with Crippen molar-refractivity contribution in [2.75, 3.05) is 22.9 Å². The summed E-state index contributed by atoms with van der Waals surface area (Å²) in [7, 11) is -3.53. The van der Waals surface area contributed by atoms with Crippen molar-refractivity contribution in [1.29, 1.82) is 0 Å². The highest BCUT2D eigenvalue weighted by molar-refractivity contribution is 7.98. The van der Waals surface area contributed by atoms with E-state index >= 15 is 0 Å². The van der Waals surface area contributed by atoms with Crippen LogP contribution in [0.1, 0.15) is 21.5 Å². The van der Waals surface area contributed by atoms with Gasteiger partial charge in [0.1, 0.15) is 0 Å². The molecule has 5 nitrogen and oxygen atoms in total. The molecule has 0 aliphatic rings. The first-order chi connectivity index (χ1) is 16.1. The summed E-state index contributed by atoms with van der Waals surface area (Å²) in [5.41, 5.74) is 2.60. The summed E-state index contributed by atoms with van der Waals surface area (Å²) in [6.07, 6.45) is 1.15. The Kier molecular flexibility index (Phi) is 9.56. The molecule has 0 saturated carbocycles. The number of hydrogen-bond acceptors (Lipinski definition) is 4. The van der Waals surface area contributed by atoms with Gasteiger partial charge in [-0.2, -0.15) is 11.8 Å². The molecule has 1 amide bonds. The van der Waals surface area contributed by atoms with Gasteiger partial charge < -0.3 is 5.32 Å². The van der Waals surface area contributed by atoms with Gasteiger partial charge in [0.15, 0.2) is 0 Å². The van der Waals surface area contributed by atoms with Crippen molar-refractivity contribution in [2.45, 2.75) is 12.3 Å². The van der Waals surface area contributed by atoms with Crippen LogP contribution in [0, 0.1) is 0 Å². The highest BCUT2D eigenvalue weighted by Gasteiger charge is 2.18. The van der Waals surface area contributed by atoms with Gasteiger partial charge >= 0.3 is 0 Å². The van der Waals surface area contributed by atoms with E-state index in [-0.39, 0.29) is 12.5 Å². The zero-order valence-electron chi connectivity index (χ0n) is 18.3. The second-order valence-electron chi connectivity index (χ2n) is 7.45. The number of carbonyl (C=O) groups is 1. The molecule has 0 spiro atoms. The van der Waals surface area contributed by atoms with Crippen LogP contribution in [0.25, 0.3) is 0 Å². The Hall–Kier alpha value is -1.90. The summed E-state index contributed by atoms with van der Waals surface area (Å²) in [6.45, 7) is 0.633. The molecule has 0 aliphatic carbocycles. The van der Waals surface area contributed by atoms with Crippen molar-refractivity contribution < 1.29 is 13.2 Å². The number of thioether (sulfide) groups is 1. The van der Waals surface area contributed by atoms with Gasteiger partial charge in [0.2, 0.25) is 10.0 Å². The number of carbonyl (C=O) groups excluding carboxylic acids is 1. The van der Waals surface area contributed by atoms with Crippen molar-refractivity contribution in [2.24, 2.45) is 0 Å². The first-order valence-electron chi connectivity index (χ1n) is 10.3. The number of halogens is 3. The molecule has 0 unspecified atom stereocenters. The molecule has 0 saturated heterocycles. The van der Waals surface area contributed by atoms with Crippen molar-refractivity contribution in [3.05, 3.63) is 98.5 Å². The SMILES string of the molecule is CS(=O)(=O)N(Cc1ccc(Cl)cc1)c1ccc(C(=O)NCCSCc2c(Cl)cccc2Cl)cc1. The standard InChI is InChI=1S/C24H23Cl3N2O3S2/c1-34(31,32)29(15-17-5-9-19(25)10-6-17)20-11-7-18(8-12-20)24(30)28-13-14-33-16-21-22(26)3-2-4-23(21)27/h2-12H,13-16H2,1H3,(H,28,30). The van der Waals surface area contributed by atoms with Crippen LogP contribution in [0.2, 0.25) is 15.1 Å². The fourth-order valence-corrected chi connectivity index (χ4v) is 5.73. The minimum atomic E-state index is -3.53. The van der Waals surface area contributed by atoms with Crippen LogP contribution in [-0.2, 0) is 22.3 Å². The molecule has 0 heterocycles. The lowest BCUT2D eigenvalue weighted by Gasteiger charge is -2.23. The number of nitrogens with one attached hydrogen (secondary N) is 1. The molecule has 0 fully saturated rings. The Morgan fingerprint density at radius 1 is 0.941 bits per heavy atom. The van der Waals surface area contributed by atoms with Crippen molar-refractivity contribution >= 4 is 68.2 Å². The molecule has 0 aromatic heterocycles. The Labute approximate surface area is 219 Å². The summed E-state index contributed by atoms with van der Waals surface area (Å²) in [5.74, 6) is 1.11. The normalized spacial score (nSPS) is 11.3. The molecule has 3 rings (SSSR count).